The lowest BCUT2D eigenvalue weighted by atomic mass is 10.1. The van der Waals surface area contributed by atoms with E-state index >= 15 is 0 Å². The Hall–Kier alpha value is -1.95. The Labute approximate surface area is 118 Å². The maximum Gasteiger partial charge on any atom is 0.246 e. The largest absolute Gasteiger partial charge is 0.493 e. The Morgan fingerprint density at radius 2 is 1.75 bits per heavy atom. The van der Waals surface area contributed by atoms with Crippen molar-refractivity contribution < 1.29 is 19.0 Å². The minimum atomic E-state index is -0.254. The fourth-order valence-electron chi connectivity index (χ4n) is 2.21. The minimum Gasteiger partial charge on any atom is -0.493 e. The zero-order valence-electron chi connectivity index (χ0n) is 12.0. The summed E-state index contributed by atoms with van der Waals surface area (Å²) in [5, 5.41) is 6.11. The van der Waals surface area contributed by atoms with Crippen LogP contribution in [0.1, 0.15) is 12.8 Å². The van der Waals surface area contributed by atoms with Gasteiger partial charge in [0.2, 0.25) is 5.91 Å². The van der Waals surface area contributed by atoms with Crippen molar-refractivity contribution in [1.29, 1.82) is 0 Å². The topological polar surface area (TPSA) is 68.8 Å². The van der Waals surface area contributed by atoms with Crippen LogP contribution in [0.2, 0.25) is 0 Å². The van der Waals surface area contributed by atoms with Crippen LogP contribution in [-0.2, 0) is 9.53 Å². The van der Waals surface area contributed by atoms with Crippen LogP contribution in [0.25, 0.3) is 0 Å². The zero-order chi connectivity index (χ0) is 14.5. The van der Waals surface area contributed by atoms with E-state index in [9.17, 15) is 4.79 Å². The molecule has 0 saturated heterocycles. The highest BCUT2D eigenvalue weighted by Crippen LogP contribution is 2.38. The molecule has 110 valence electrons. The number of methoxy groups -OCH3 is 3. The number of nitrogens with one attached hydrogen (secondary N) is 2. The number of anilines is 2. The van der Waals surface area contributed by atoms with E-state index in [0.29, 0.717) is 30.2 Å². The first-order valence-corrected chi connectivity index (χ1v) is 6.52. The molecule has 1 aromatic rings. The van der Waals surface area contributed by atoms with Gasteiger partial charge in [-0.1, -0.05) is 0 Å². The Kier molecular flexibility index (Phi) is 4.68. The molecule has 6 nitrogen and oxygen atoms in total. The van der Waals surface area contributed by atoms with Gasteiger partial charge in [0, 0.05) is 25.8 Å². The Balaban J connectivity index is 2.17. The molecule has 1 aromatic carbocycles. The fraction of sp³-hybridized carbons (Fsp3) is 0.500. The van der Waals surface area contributed by atoms with Crippen molar-refractivity contribution in [3.63, 3.8) is 0 Å². The van der Waals surface area contributed by atoms with E-state index < -0.39 is 0 Å². The van der Waals surface area contributed by atoms with Crippen molar-refractivity contribution in [2.75, 3.05) is 38.6 Å². The summed E-state index contributed by atoms with van der Waals surface area (Å²) in [4.78, 5) is 12.0. The van der Waals surface area contributed by atoms with Crippen LogP contribution in [0.3, 0.4) is 0 Å². The van der Waals surface area contributed by atoms with Gasteiger partial charge in [-0.3, -0.25) is 4.79 Å². The highest BCUT2D eigenvalue weighted by Gasteiger charge is 2.26. The second-order valence-electron chi connectivity index (χ2n) is 4.57. The lowest BCUT2D eigenvalue weighted by Gasteiger charge is -2.27. The lowest BCUT2D eigenvalue weighted by molar-refractivity contribution is -0.117. The average Bonchev–Trinajstić information content (AvgIpc) is 2.46. The second kappa shape index (κ2) is 6.47. The normalized spacial score (nSPS) is 16.9. The van der Waals surface area contributed by atoms with E-state index in [1.807, 2.05) is 6.07 Å². The smallest absolute Gasteiger partial charge is 0.246 e. The number of amides is 1. The monoisotopic (exact) mass is 280 g/mol. The molecule has 0 saturated carbocycles. The van der Waals surface area contributed by atoms with Gasteiger partial charge < -0.3 is 24.8 Å². The van der Waals surface area contributed by atoms with Crippen LogP contribution in [0.4, 0.5) is 11.4 Å². The molecule has 1 heterocycles. The molecule has 0 aliphatic carbocycles. The minimum absolute atomic E-state index is 0.0409. The van der Waals surface area contributed by atoms with Gasteiger partial charge in [0.25, 0.3) is 0 Å². The van der Waals surface area contributed by atoms with E-state index in [-0.39, 0.29) is 11.9 Å². The molecule has 6 heteroatoms. The van der Waals surface area contributed by atoms with E-state index in [4.69, 9.17) is 14.2 Å². The summed E-state index contributed by atoms with van der Waals surface area (Å²) in [6.45, 7) is 0.643. The number of hydrogen-bond donors (Lipinski definition) is 2. The first kappa shape index (κ1) is 14.5. The van der Waals surface area contributed by atoms with Crippen molar-refractivity contribution in [2.45, 2.75) is 18.9 Å². The summed E-state index contributed by atoms with van der Waals surface area (Å²) in [5.41, 5.74) is 1.54. The number of hydrogen-bond acceptors (Lipinski definition) is 5. The fourth-order valence-corrected chi connectivity index (χ4v) is 2.21. The molecule has 0 spiro atoms. The van der Waals surface area contributed by atoms with E-state index in [1.165, 1.54) is 0 Å². The third kappa shape index (κ3) is 2.96. The molecule has 2 N–H and O–H groups in total. The molecule has 0 aromatic heterocycles. The molecule has 1 unspecified atom stereocenters. The van der Waals surface area contributed by atoms with Crippen LogP contribution in [0, 0.1) is 0 Å². The predicted molar refractivity (Wildman–Crippen MR) is 76.7 cm³/mol. The van der Waals surface area contributed by atoms with Crippen LogP contribution >= 0.6 is 0 Å². The zero-order valence-corrected chi connectivity index (χ0v) is 12.0. The van der Waals surface area contributed by atoms with Gasteiger partial charge >= 0.3 is 0 Å². The van der Waals surface area contributed by atoms with Crippen molar-refractivity contribution in [3.8, 4) is 11.5 Å². The first-order valence-electron chi connectivity index (χ1n) is 6.52. The van der Waals surface area contributed by atoms with Gasteiger partial charge in [0.1, 0.15) is 6.04 Å². The van der Waals surface area contributed by atoms with Crippen molar-refractivity contribution in [3.05, 3.63) is 12.1 Å². The van der Waals surface area contributed by atoms with Gasteiger partial charge in [-0.05, 0) is 12.8 Å². The highest BCUT2D eigenvalue weighted by atomic mass is 16.5. The SMILES string of the molecule is COCCCC1Nc2cc(OC)c(OC)cc2NC1=O. The molecule has 2 rings (SSSR count). The summed E-state index contributed by atoms with van der Waals surface area (Å²) < 4.78 is 15.5. The van der Waals surface area contributed by atoms with Crippen LogP contribution in [0.15, 0.2) is 12.1 Å². The lowest BCUT2D eigenvalue weighted by Crippen LogP contribution is -2.39. The molecule has 1 aliphatic rings. The predicted octanol–water partition coefficient (Wildman–Crippen LogP) is 1.86. The van der Waals surface area contributed by atoms with Gasteiger partial charge in [0.15, 0.2) is 11.5 Å². The summed E-state index contributed by atoms with van der Waals surface area (Å²) in [6, 6.07) is 3.33. The van der Waals surface area contributed by atoms with Crippen molar-refractivity contribution in [1.82, 2.24) is 0 Å². The molecule has 0 bridgehead atoms. The number of benzene rings is 1. The molecule has 1 amide bonds. The van der Waals surface area contributed by atoms with Gasteiger partial charge in [0.05, 0.1) is 25.6 Å². The average molecular weight is 280 g/mol. The summed E-state index contributed by atoms with van der Waals surface area (Å²) in [6.07, 6.45) is 1.54. The number of fused-ring (bicyclic) bond motifs is 1. The Bertz CT molecular complexity index is 490. The quantitative estimate of drug-likeness (QED) is 0.778. The molecule has 0 radical (unpaired) electrons. The highest BCUT2D eigenvalue weighted by molar-refractivity contribution is 6.03. The number of rotatable bonds is 6. The summed E-state index contributed by atoms with van der Waals surface area (Å²) >= 11 is 0. The van der Waals surface area contributed by atoms with Gasteiger partial charge in [-0.15, -0.1) is 0 Å². The molecule has 0 fully saturated rings. The van der Waals surface area contributed by atoms with E-state index in [1.54, 1.807) is 27.4 Å². The van der Waals surface area contributed by atoms with Crippen molar-refractivity contribution >= 4 is 17.3 Å². The molecule has 1 aliphatic heterocycles. The first-order chi connectivity index (χ1) is 9.69. The standard InChI is InChI=1S/C14H20N2O4/c1-18-6-4-5-9-14(17)16-11-8-13(20-3)12(19-2)7-10(11)15-9/h7-9,15H,4-6H2,1-3H3,(H,16,17). The van der Waals surface area contributed by atoms with Crippen LogP contribution in [0.5, 0.6) is 11.5 Å². The molecule has 20 heavy (non-hydrogen) atoms. The number of ether oxygens (including phenoxy) is 3. The summed E-state index contributed by atoms with van der Waals surface area (Å²) in [7, 11) is 4.80. The maximum atomic E-state index is 12.0. The van der Waals surface area contributed by atoms with E-state index in [2.05, 4.69) is 10.6 Å². The van der Waals surface area contributed by atoms with E-state index in [0.717, 1.165) is 12.1 Å². The van der Waals surface area contributed by atoms with Crippen molar-refractivity contribution in [2.24, 2.45) is 0 Å². The summed E-state index contributed by atoms with van der Waals surface area (Å²) in [5.74, 6) is 1.18. The van der Waals surface area contributed by atoms with Gasteiger partial charge in [-0.25, -0.2) is 0 Å². The molecular formula is C14H20N2O4. The maximum absolute atomic E-state index is 12.0. The Morgan fingerprint density at radius 3 is 2.35 bits per heavy atom. The third-order valence-electron chi connectivity index (χ3n) is 3.27. The van der Waals surface area contributed by atoms with Gasteiger partial charge in [-0.2, -0.15) is 0 Å². The second-order valence-corrected chi connectivity index (χ2v) is 4.57. The number of carbonyl (C=O) groups excluding carboxylic acids is 1. The molecular weight excluding hydrogens is 260 g/mol. The Morgan fingerprint density at radius 1 is 1.10 bits per heavy atom. The van der Waals surface area contributed by atoms with Crippen LogP contribution < -0.4 is 20.1 Å². The third-order valence-corrected chi connectivity index (χ3v) is 3.27. The molecule has 1 atom stereocenters. The van der Waals surface area contributed by atoms with Crippen LogP contribution in [-0.4, -0.2) is 39.9 Å². The number of carbonyl (C=O) groups is 1.